The van der Waals surface area contributed by atoms with Gasteiger partial charge in [-0.05, 0) is 74.0 Å². The first-order valence-corrected chi connectivity index (χ1v) is 14.7. The Morgan fingerprint density at radius 2 is 1.55 bits per heavy atom. The molecule has 3 aromatic carbocycles. The van der Waals surface area contributed by atoms with Crippen molar-refractivity contribution < 1.29 is 32.3 Å². The number of fused-ring (bicyclic) bond motifs is 1. The third kappa shape index (κ3) is 7.74. The van der Waals surface area contributed by atoms with Crippen molar-refractivity contribution in [3.05, 3.63) is 84.6 Å². The van der Waals surface area contributed by atoms with Crippen molar-refractivity contribution in [2.24, 2.45) is 0 Å². The lowest BCUT2D eigenvalue weighted by atomic mass is 10.1. The van der Waals surface area contributed by atoms with E-state index in [0.29, 0.717) is 29.3 Å². The van der Waals surface area contributed by atoms with Crippen LogP contribution in [0.5, 0.6) is 5.75 Å². The van der Waals surface area contributed by atoms with Gasteiger partial charge in [-0.2, -0.15) is 4.72 Å². The van der Waals surface area contributed by atoms with E-state index in [-0.39, 0.29) is 17.2 Å². The largest absolute Gasteiger partial charge is 0.494 e. The summed E-state index contributed by atoms with van der Waals surface area (Å²) in [5, 5.41) is 6.09. The minimum Gasteiger partial charge on any atom is -0.494 e. The van der Waals surface area contributed by atoms with E-state index < -0.39 is 34.0 Å². The first kappa shape index (κ1) is 30.3. The van der Waals surface area contributed by atoms with E-state index in [0.717, 1.165) is 10.9 Å². The summed E-state index contributed by atoms with van der Waals surface area (Å²) in [4.78, 5) is 40.4. The summed E-state index contributed by atoms with van der Waals surface area (Å²) >= 11 is 0. The van der Waals surface area contributed by atoms with Crippen molar-refractivity contribution in [2.45, 2.75) is 44.2 Å². The van der Waals surface area contributed by atoms with Gasteiger partial charge in [0.1, 0.15) is 11.8 Å². The Labute approximate surface area is 243 Å². The lowest BCUT2D eigenvalue weighted by Gasteiger charge is -2.20. The van der Waals surface area contributed by atoms with E-state index in [4.69, 9.17) is 9.47 Å². The van der Waals surface area contributed by atoms with Crippen molar-refractivity contribution >= 4 is 50.1 Å². The molecule has 0 bridgehead atoms. The molecule has 4 aromatic rings. The molecule has 12 heteroatoms. The molecule has 4 rings (SSSR count). The SMILES string of the molecule is CCOc1ccc(S(=O)(=O)N[C@@H](Cc2c[nH]c3ccccc23)C(=O)OC(C)C(=O)Nc2ccc(NC(C)=O)cc2)cc1. The number of ether oxygens (including phenoxy) is 2. The topological polar surface area (TPSA) is 156 Å². The van der Waals surface area contributed by atoms with Crippen LogP contribution in [0.15, 0.2) is 83.9 Å². The molecule has 0 saturated carbocycles. The van der Waals surface area contributed by atoms with Crippen LogP contribution >= 0.6 is 0 Å². The molecule has 1 heterocycles. The molecule has 42 heavy (non-hydrogen) atoms. The minimum atomic E-state index is -4.16. The van der Waals surface area contributed by atoms with Crippen LogP contribution < -0.4 is 20.1 Å². The highest BCUT2D eigenvalue weighted by molar-refractivity contribution is 7.89. The van der Waals surface area contributed by atoms with Crippen molar-refractivity contribution in [3.8, 4) is 5.75 Å². The first-order chi connectivity index (χ1) is 20.1. The maximum atomic E-state index is 13.4. The predicted molar refractivity (Wildman–Crippen MR) is 159 cm³/mol. The van der Waals surface area contributed by atoms with Gasteiger partial charge in [-0.3, -0.25) is 14.4 Å². The van der Waals surface area contributed by atoms with Crippen LogP contribution in [-0.4, -0.2) is 49.9 Å². The third-order valence-corrected chi connectivity index (χ3v) is 7.75. The Hall–Kier alpha value is -4.68. The zero-order valence-electron chi connectivity index (χ0n) is 23.3. The lowest BCUT2D eigenvalue weighted by Crippen LogP contribution is -2.45. The molecule has 0 fully saturated rings. The van der Waals surface area contributed by atoms with Gasteiger partial charge in [-0.15, -0.1) is 0 Å². The Balaban J connectivity index is 1.51. The molecule has 0 aliphatic carbocycles. The maximum absolute atomic E-state index is 13.4. The summed E-state index contributed by atoms with van der Waals surface area (Å²) in [6.45, 7) is 5.02. The summed E-state index contributed by atoms with van der Waals surface area (Å²) < 4.78 is 39.9. The molecule has 11 nitrogen and oxygen atoms in total. The summed E-state index contributed by atoms with van der Waals surface area (Å²) in [6.07, 6.45) is 0.433. The number of carbonyl (C=O) groups is 3. The standard InChI is InChI=1S/C30H32N4O7S/c1-4-40-24-13-15-25(16-14-24)42(38,39)34-28(17-21-18-31-27-8-6-5-7-26(21)27)30(37)41-19(2)29(36)33-23-11-9-22(10-12-23)32-20(3)35/h5-16,18-19,28,31,34H,4,17H2,1-3H3,(H,32,35)(H,33,36)/t19?,28-/m0/s1. The quantitative estimate of drug-likeness (QED) is 0.181. The molecular formula is C30H32N4O7S. The molecule has 1 aromatic heterocycles. The van der Waals surface area contributed by atoms with Gasteiger partial charge in [0.15, 0.2) is 6.10 Å². The normalized spacial score (nSPS) is 12.7. The summed E-state index contributed by atoms with van der Waals surface area (Å²) in [7, 11) is -4.16. The molecule has 1 unspecified atom stereocenters. The number of aromatic nitrogens is 1. The van der Waals surface area contributed by atoms with E-state index in [1.165, 1.54) is 38.1 Å². The van der Waals surface area contributed by atoms with Crippen molar-refractivity contribution in [2.75, 3.05) is 17.2 Å². The molecule has 0 saturated heterocycles. The maximum Gasteiger partial charge on any atom is 0.325 e. The molecule has 2 amide bonds. The average Bonchev–Trinajstić information content (AvgIpc) is 3.36. The van der Waals surface area contributed by atoms with Crippen LogP contribution in [0.2, 0.25) is 0 Å². The zero-order valence-corrected chi connectivity index (χ0v) is 24.2. The number of esters is 1. The van der Waals surface area contributed by atoms with Crippen LogP contribution in [0.4, 0.5) is 11.4 Å². The first-order valence-electron chi connectivity index (χ1n) is 13.2. The Kier molecular flexibility index (Phi) is 9.60. The lowest BCUT2D eigenvalue weighted by molar-refractivity contribution is -0.154. The van der Waals surface area contributed by atoms with Crippen LogP contribution in [0.25, 0.3) is 10.9 Å². The number of carbonyl (C=O) groups excluding carboxylic acids is 3. The highest BCUT2D eigenvalue weighted by Gasteiger charge is 2.31. The number of H-pyrrole nitrogens is 1. The molecule has 0 spiro atoms. The highest BCUT2D eigenvalue weighted by Crippen LogP contribution is 2.22. The van der Waals surface area contributed by atoms with Crippen molar-refractivity contribution in [3.63, 3.8) is 0 Å². The number of hydrogen-bond donors (Lipinski definition) is 4. The van der Waals surface area contributed by atoms with Gasteiger partial charge in [0.25, 0.3) is 5.91 Å². The summed E-state index contributed by atoms with van der Waals surface area (Å²) in [5.74, 6) is -1.25. The second-order valence-electron chi connectivity index (χ2n) is 9.47. The van der Waals surface area contributed by atoms with E-state index in [2.05, 4.69) is 20.3 Å². The van der Waals surface area contributed by atoms with Gasteiger partial charge < -0.3 is 25.1 Å². The molecule has 0 aliphatic heterocycles. The third-order valence-electron chi connectivity index (χ3n) is 6.26. The molecule has 2 atom stereocenters. The number of aromatic amines is 1. The number of sulfonamides is 1. The number of hydrogen-bond acceptors (Lipinski definition) is 7. The van der Waals surface area contributed by atoms with E-state index in [1.54, 1.807) is 30.5 Å². The van der Waals surface area contributed by atoms with E-state index in [9.17, 15) is 22.8 Å². The second kappa shape index (κ2) is 13.3. The van der Waals surface area contributed by atoms with Crippen LogP contribution in [0.1, 0.15) is 26.3 Å². The fourth-order valence-corrected chi connectivity index (χ4v) is 5.41. The number of rotatable bonds is 12. The van der Waals surface area contributed by atoms with Crippen molar-refractivity contribution in [1.29, 1.82) is 0 Å². The number of benzene rings is 3. The number of nitrogens with one attached hydrogen (secondary N) is 4. The minimum absolute atomic E-state index is 0.0297. The van der Waals surface area contributed by atoms with Crippen LogP contribution in [-0.2, 0) is 35.6 Å². The molecule has 0 aliphatic rings. The van der Waals surface area contributed by atoms with Gasteiger partial charge in [0.05, 0.1) is 11.5 Å². The molecular weight excluding hydrogens is 560 g/mol. The van der Waals surface area contributed by atoms with E-state index in [1.807, 2.05) is 31.2 Å². The van der Waals surface area contributed by atoms with Crippen molar-refractivity contribution in [1.82, 2.24) is 9.71 Å². The fourth-order valence-electron chi connectivity index (χ4n) is 4.22. The number of para-hydroxylation sites is 1. The second-order valence-corrected chi connectivity index (χ2v) is 11.2. The van der Waals surface area contributed by atoms with Crippen LogP contribution in [0.3, 0.4) is 0 Å². The Morgan fingerprint density at radius 3 is 2.19 bits per heavy atom. The van der Waals surface area contributed by atoms with Gasteiger partial charge in [0.2, 0.25) is 15.9 Å². The van der Waals surface area contributed by atoms with Gasteiger partial charge in [0, 0.05) is 41.8 Å². The Bertz CT molecular complexity index is 1670. The van der Waals surface area contributed by atoms with Gasteiger partial charge in [-0.1, -0.05) is 18.2 Å². The number of amides is 2. The zero-order chi connectivity index (χ0) is 30.3. The molecule has 0 radical (unpaired) electrons. The summed E-state index contributed by atoms with van der Waals surface area (Å²) in [6, 6.07) is 18.3. The van der Waals surface area contributed by atoms with Crippen LogP contribution in [0, 0.1) is 0 Å². The highest BCUT2D eigenvalue weighted by atomic mass is 32.2. The van der Waals surface area contributed by atoms with Gasteiger partial charge >= 0.3 is 5.97 Å². The molecule has 220 valence electrons. The molecule has 4 N–H and O–H groups in total. The van der Waals surface area contributed by atoms with E-state index >= 15 is 0 Å². The monoisotopic (exact) mass is 592 g/mol. The number of anilines is 2. The Morgan fingerprint density at radius 1 is 0.905 bits per heavy atom. The smallest absolute Gasteiger partial charge is 0.325 e. The average molecular weight is 593 g/mol. The predicted octanol–water partition coefficient (Wildman–Crippen LogP) is 3.99. The fraction of sp³-hybridized carbons (Fsp3) is 0.233. The summed E-state index contributed by atoms with van der Waals surface area (Å²) in [5.41, 5.74) is 2.49. The van der Waals surface area contributed by atoms with Gasteiger partial charge in [-0.25, -0.2) is 8.42 Å².